The summed E-state index contributed by atoms with van der Waals surface area (Å²) in [5, 5.41) is 0.431. The molecule has 2 unspecified atom stereocenters. The smallest absolute Gasteiger partial charge is 0.245 e. The highest BCUT2D eigenvalue weighted by molar-refractivity contribution is 7.89. The highest BCUT2D eigenvalue weighted by Gasteiger charge is 2.35. The topological polar surface area (TPSA) is 72.6 Å². The molecule has 118 valence electrons. The van der Waals surface area contributed by atoms with Gasteiger partial charge in [-0.2, -0.15) is 4.31 Å². The number of hydrogen-bond donors (Lipinski definition) is 1. The van der Waals surface area contributed by atoms with E-state index in [0.29, 0.717) is 17.2 Å². The van der Waals surface area contributed by atoms with E-state index in [0.717, 1.165) is 0 Å². The van der Waals surface area contributed by atoms with Crippen molar-refractivity contribution in [1.29, 1.82) is 0 Å². The Hall–Kier alpha value is -0.370. The summed E-state index contributed by atoms with van der Waals surface area (Å²) in [6, 6.07) is 2.68. The zero-order valence-corrected chi connectivity index (χ0v) is 14.2. The molecule has 0 aliphatic carbocycles. The molecule has 5 nitrogen and oxygen atoms in total. The van der Waals surface area contributed by atoms with E-state index < -0.39 is 10.0 Å². The fourth-order valence-corrected chi connectivity index (χ4v) is 4.90. The van der Waals surface area contributed by atoms with Gasteiger partial charge in [-0.3, -0.25) is 0 Å². The molecule has 0 spiro atoms. The number of benzene rings is 1. The van der Waals surface area contributed by atoms with E-state index in [-0.39, 0.29) is 35.2 Å². The van der Waals surface area contributed by atoms with Gasteiger partial charge >= 0.3 is 0 Å². The van der Waals surface area contributed by atoms with Crippen LogP contribution in [0.25, 0.3) is 0 Å². The molecule has 0 aromatic heterocycles. The van der Waals surface area contributed by atoms with Gasteiger partial charge in [-0.1, -0.05) is 23.2 Å². The van der Waals surface area contributed by atoms with Gasteiger partial charge < -0.3 is 10.5 Å². The first kappa shape index (κ1) is 17.0. The Morgan fingerprint density at radius 1 is 1.38 bits per heavy atom. The number of hydrogen-bond acceptors (Lipinski definition) is 4. The Morgan fingerprint density at radius 2 is 2.05 bits per heavy atom. The largest absolute Gasteiger partial charge is 0.375 e. The van der Waals surface area contributed by atoms with E-state index in [9.17, 15) is 8.42 Å². The van der Waals surface area contributed by atoms with Crippen LogP contribution in [-0.4, -0.2) is 38.0 Å². The summed E-state index contributed by atoms with van der Waals surface area (Å²) in [6.45, 7) is 4.38. The van der Waals surface area contributed by atoms with Crippen molar-refractivity contribution in [3.05, 3.63) is 27.7 Å². The van der Waals surface area contributed by atoms with Crippen LogP contribution in [0.3, 0.4) is 0 Å². The van der Waals surface area contributed by atoms with E-state index in [1.807, 2.05) is 6.92 Å². The fraction of sp³-hybridized carbons (Fsp3) is 0.538. The van der Waals surface area contributed by atoms with Gasteiger partial charge in [0.05, 0.1) is 17.7 Å². The molecular formula is C13H18Cl2N2O3S. The van der Waals surface area contributed by atoms with Crippen LogP contribution in [-0.2, 0) is 21.3 Å². The Bertz CT molecular complexity index is 637. The molecule has 2 N–H and O–H groups in total. The normalized spacial score (nSPS) is 24.2. The van der Waals surface area contributed by atoms with Crippen LogP contribution in [0, 0.1) is 0 Å². The zero-order chi connectivity index (χ0) is 15.8. The second-order valence-corrected chi connectivity index (χ2v) is 7.82. The first-order chi connectivity index (χ1) is 9.77. The molecule has 2 rings (SSSR count). The highest BCUT2D eigenvalue weighted by Crippen LogP contribution is 2.33. The summed E-state index contributed by atoms with van der Waals surface area (Å²) in [5.41, 5.74) is 6.10. The number of rotatable bonds is 3. The Morgan fingerprint density at radius 3 is 2.67 bits per heavy atom. The monoisotopic (exact) mass is 352 g/mol. The Balaban J connectivity index is 2.51. The highest BCUT2D eigenvalue weighted by atomic mass is 35.5. The predicted octanol–water partition coefficient (Wildman–Crippen LogP) is 2.25. The molecule has 0 radical (unpaired) electrons. The molecule has 0 amide bonds. The van der Waals surface area contributed by atoms with Crippen LogP contribution in [0.1, 0.15) is 19.4 Å². The summed E-state index contributed by atoms with van der Waals surface area (Å²) in [6.07, 6.45) is -0.164. The number of nitrogens with zero attached hydrogens (tertiary/aromatic N) is 1. The Labute approximate surface area is 135 Å². The van der Waals surface area contributed by atoms with Crippen molar-refractivity contribution in [1.82, 2.24) is 4.31 Å². The molecule has 8 heteroatoms. The van der Waals surface area contributed by atoms with E-state index in [4.69, 9.17) is 33.7 Å². The zero-order valence-electron chi connectivity index (χ0n) is 11.8. The lowest BCUT2D eigenvalue weighted by Gasteiger charge is -2.36. The van der Waals surface area contributed by atoms with Gasteiger partial charge in [0.25, 0.3) is 0 Å². The van der Waals surface area contributed by atoms with E-state index >= 15 is 0 Å². The molecule has 21 heavy (non-hydrogen) atoms. The molecule has 1 aliphatic heterocycles. The number of morpholine rings is 1. The van der Waals surface area contributed by atoms with Gasteiger partial charge in [-0.25, -0.2) is 8.42 Å². The third-order valence-electron chi connectivity index (χ3n) is 3.44. The van der Waals surface area contributed by atoms with Gasteiger partial charge in [0.2, 0.25) is 10.0 Å². The molecule has 0 saturated carbocycles. The first-order valence-electron chi connectivity index (χ1n) is 6.58. The molecule has 1 aromatic carbocycles. The van der Waals surface area contributed by atoms with Crippen molar-refractivity contribution in [2.24, 2.45) is 5.73 Å². The van der Waals surface area contributed by atoms with Crippen molar-refractivity contribution in [3.63, 3.8) is 0 Å². The lowest BCUT2D eigenvalue weighted by molar-refractivity contribution is -0.0170. The van der Waals surface area contributed by atoms with Crippen molar-refractivity contribution in [2.45, 2.75) is 37.4 Å². The second-order valence-electron chi connectivity index (χ2n) is 5.15. The minimum Gasteiger partial charge on any atom is -0.375 e. The first-order valence-corrected chi connectivity index (χ1v) is 8.78. The average Bonchev–Trinajstić information content (AvgIpc) is 2.43. The molecule has 1 fully saturated rings. The molecule has 1 heterocycles. The maximum Gasteiger partial charge on any atom is 0.245 e. The van der Waals surface area contributed by atoms with Crippen molar-refractivity contribution in [2.75, 3.05) is 13.2 Å². The number of nitrogens with two attached hydrogens (primary N) is 1. The molecule has 2 atom stereocenters. The van der Waals surface area contributed by atoms with Crippen LogP contribution < -0.4 is 5.73 Å². The molecular weight excluding hydrogens is 335 g/mol. The van der Waals surface area contributed by atoms with Crippen LogP contribution in [0.2, 0.25) is 10.0 Å². The molecule has 1 aliphatic rings. The SMILES string of the molecule is CC1CN(S(=O)(=O)c2cc(Cl)cc(CN)c2Cl)C(C)CO1. The predicted molar refractivity (Wildman–Crippen MR) is 83.1 cm³/mol. The van der Waals surface area contributed by atoms with Gasteiger partial charge in [0.1, 0.15) is 4.90 Å². The minimum atomic E-state index is -3.75. The van der Waals surface area contributed by atoms with Crippen molar-refractivity contribution >= 4 is 33.2 Å². The van der Waals surface area contributed by atoms with E-state index in [1.165, 1.54) is 10.4 Å². The van der Waals surface area contributed by atoms with Crippen LogP contribution in [0.4, 0.5) is 0 Å². The Kier molecular flexibility index (Phi) is 5.18. The molecule has 0 bridgehead atoms. The van der Waals surface area contributed by atoms with Crippen LogP contribution in [0.15, 0.2) is 17.0 Å². The number of ether oxygens (including phenoxy) is 1. The number of sulfonamides is 1. The van der Waals surface area contributed by atoms with Crippen molar-refractivity contribution in [3.8, 4) is 0 Å². The summed E-state index contributed by atoms with van der Waals surface area (Å²) >= 11 is 12.2. The third kappa shape index (κ3) is 3.36. The summed E-state index contributed by atoms with van der Waals surface area (Å²) in [7, 11) is -3.75. The van der Waals surface area contributed by atoms with Crippen LogP contribution in [0.5, 0.6) is 0 Å². The fourth-order valence-electron chi connectivity index (χ4n) is 2.29. The third-order valence-corrected chi connectivity index (χ3v) is 6.22. The number of halogens is 2. The van der Waals surface area contributed by atoms with E-state index in [1.54, 1.807) is 13.0 Å². The van der Waals surface area contributed by atoms with Gasteiger partial charge in [0.15, 0.2) is 0 Å². The van der Waals surface area contributed by atoms with Gasteiger partial charge in [-0.05, 0) is 31.5 Å². The maximum atomic E-state index is 12.9. The lowest BCUT2D eigenvalue weighted by Crippen LogP contribution is -2.50. The summed E-state index contributed by atoms with van der Waals surface area (Å²) in [5.74, 6) is 0. The maximum absolute atomic E-state index is 12.9. The summed E-state index contributed by atoms with van der Waals surface area (Å²) < 4.78 is 32.6. The van der Waals surface area contributed by atoms with Crippen molar-refractivity contribution < 1.29 is 13.2 Å². The van der Waals surface area contributed by atoms with Crippen LogP contribution >= 0.6 is 23.2 Å². The quantitative estimate of drug-likeness (QED) is 0.905. The minimum absolute atomic E-state index is 0.00179. The van der Waals surface area contributed by atoms with Gasteiger partial charge in [0, 0.05) is 24.2 Å². The average molecular weight is 353 g/mol. The molecule has 1 saturated heterocycles. The van der Waals surface area contributed by atoms with E-state index in [2.05, 4.69) is 0 Å². The standard InChI is InChI=1S/C13H18Cl2N2O3S/c1-8-7-20-9(2)6-17(8)21(18,19)12-4-11(14)3-10(5-16)13(12)15/h3-4,8-9H,5-7,16H2,1-2H3. The lowest BCUT2D eigenvalue weighted by atomic mass is 10.2. The molecule has 1 aromatic rings. The summed E-state index contributed by atoms with van der Waals surface area (Å²) in [4.78, 5) is -0.00179. The van der Waals surface area contributed by atoms with Gasteiger partial charge in [-0.15, -0.1) is 0 Å². The second kappa shape index (κ2) is 6.40.